The minimum absolute atomic E-state index is 0.0107. The van der Waals surface area contributed by atoms with Gasteiger partial charge in [0.25, 0.3) is 0 Å². The number of nitrogen functional groups attached to an aromatic ring is 1. The lowest BCUT2D eigenvalue weighted by Crippen LogP contribution is -2.28. The Hall–Kier alpha value is -1.49. The fraction of sp³-hybridized carbons (Fsp3) is 0.200. The summed E-state index contributed by atoms with van der Waals surface area (Å²) >= 11 is 3.20. The number of rotatable bonds is 5. The van der Waals surface area contributed by atoms with Crippen LogP contribution in [0.3, 0.4) is 0 Å². The van der Waals surface area contributed by atoms with Crippen LogP contribution in [-0.4, -0.2) is 34.7 Å². The Morgan fingerprint density at radius 3 is 2.85 bits per heavy atom. The van der Waals surface area contributed by atoms with Crippen molar-refractivity contribution in [2.45, 2.75) is 11.4 Å². The van der Waals surface area contributed by atoms with Crippen molar-refractivity contribution < 1.29 is 8.42 Å². The molecule has 2 aromatic heterocycles. The van der Waals surface area contributed by atoms with Gasteiger partial charge in [-0.25, -0.2) is 24.2 Å². The van der Waals surface area contributed by atoms with Gasteiger partial charge in [-0.1, -0.05) is 0 Å². The molecule has 10 heteroatoms. The second-order valence-corrected chi connectivity index (χ2v) is 6.87. The highest BCUT2D eigenvalue weighted by Gasteiger charge is 2.25. The second-order valence-electron chi connectivity index (χ2n) is 3.94. The summed E-state index contributed by atoms with van der Waals surface area (Å²) in [6.45, 7) is 0.117. The van der Waals surface area contributed by atoms with Gasteiger partial charge in [0.15, 0.2) is 5.82 Å². The molecule has 8 nitrogen and oxygen atoms in total. The first-order chi connectivity index (χ1) is 9.45. The molecule has 0 aromatic carbocycles. The fourth-order valence-corrected chi connectivity index (χ4v) is 3.32. The molecule has 2 heterocycles. The fourth-order valence-electron chi connectivity index (χ4n) is 1.57. The van der Waals surface area contributed by atoms with E-state index in [0.717, 1.165) is 4.31 Å². The highest BCUT2D eigenvalue weighted by Crippen LogP contribution is 2.25. The topological polar surface area (TPSA) is 117 Å². The zero-order valence-corrected chi connectivity index (χ0v) is 12.9. The van der Waals surface area contributed by atoms with Gasteiger partial charge in [-0.15, -0.1) is 0 Å². The van der Waals surface area contributed by atoms with E-state index in [-0.39, 0.29) is 17.3 Å². The number of sulfonamides is 1. The van der Waals surface area contributed by atoms with Crippen LogP contribution in [0.1, 0.15) is 5.82 Å². The number of anilines is 1. The number of imidazole rings is 1. The molecule has 108 valence electrons. The van der Waals surface area contributed by atoms with Crippen molar-refractivity contribution in [2.24, 2.45) is 5.84 Å². The largest absolute Gasteiger partial charge is 0.347 e. The molecule has 0 aliphatic carbocycles. The summed E-state index contributed by atoms with van der Waals surface area (Å²) in [6, 6.07) is 1.44. The van der Waals surface area contributed by atoms with Crippen molar-refractivity contribution in [3.63, 3.8) is 0 Å². The van der Waals surface area contributed by atoms with Crippen LogP contribution in [0.25, 0.3) is 0 Å². The molecule has 0 aliphatic rings. The lowest BCUT2D eigenvalue weighted by molar-refractivity contribution is 0.458. The first-order valence-electron chi connectivity index (χ1n) is 5.52. The standard InChI is InChI=1S/C10H13BrN6O2S/c1-17(6-9-13-2-3-14-9)20(18,19)8-4-7(11)5-15-10(8)16-12/h2-5H,6,12H2,1H3,(H,13,14)(H,15,16). The lowest BCUT2D eigenvalue weighted by atomic mass is 10.5. The molecule has 4 N–H and O–H groups in total. The number of nitrogens with one attached hydrogen (secondary N) is 2. The summed E-state index contributed by atoms with van der Waals surface area (Å²) in [4.78, 5) is 10.8. The molecule has 0 aliphatic heterocycles. The number of aromatic amines is 1. The van der Waals surface area contributed by atoms with Gasteiger partial charge in [-0.2, -0.15) is 4.31 Å². The Bertz CT molecular complexity index is 688. The number of nitrogens with two attached hydrogens (primary N) is 1. The summed E-state index contributed by atoms with van der Waals surface area (Å²) in [6.07, 6.45) is 4.65. The van der Waals surface area contributed by atoms with Crippen molar-refractivity contribution in [1.29, 1.82) is 0 Å². The monoisotopic (exact) mass is 360 g/mol. The molecule has 0 fully saturated rings. The third-order valence-corrected chi connectivity index (χ3v) is 4.82. The van der Waals surface area contributed by atoms with Crippen molar-refractivity contribution in [3.05, 3.63) is 35.0 Å². The summed E-state index contributed by atoms with van der Waals surface area (Å²) < 4.78 is 26.7. The normalized spacial score (nSPS) is 11.8. The van der Waals surface area contributed by atoms with E-state index < -0.39 is 10.0 Å². The number of H-pyrrole nitrogens is 1. The summed E-state index contributed by atoms with van der Waals surface area (Å²) in [5, 5.41) is 0. The van der Waals surface area contributed by atoms with Crippen molar-refractivity contribution in [3.8, 4) is 0 Å². The zero-order chi connectivity index (χ0) is 14.8. The molecular formula is C10H13BrN6O2S. The van der Waals surface area contributed by atoms with Crippen molar-refractivity contribution in [1.82, 2.24) is 19.3 Å². The van der Waals surface area contributed by atoms with Crippen LogP contribution in [0.2, 0.25) is 0 Å². The van der Waals surface area contributed by atoms with Gasteiger partial charge in [0.1, 0.15) is 10.7 Å². The average Bonchev–Trinajstić information content (AvgIpc) is 2.91. The summed E-state index contributed by atoms with van der Waals surface area (Å²) in [7, 11) is -2.28. The number of hydrogen-bond acceptors (Lipinski definition) is 6. The van der Waals surface area contributed by atoms with E-state index in [1.165, 1.54) is 19.3 Å². The van der Waals surface area contributed by atoms with Crippen molar-refractivity contribution in [2.75, 3.05) is 12.5 Å². The molecule has 2 rings (SSSR count). The van der Waals surface area contributed by atoms with Gasteiger partial charge < -0.3 is 10.4 Å². The molecule has 0 amide bonds. The lowest BCUT2D eigenvalue weighted by Gasteiger charge is -2.17. The number of aromatic nitrogens is 3. The molecule has 0 atom stereocenters. The molecular weight excluding hydrogens is 348 g/mol. The number of halogens is 1. The van der Waals surface area contributed by atoms with Gasteiger partial charge >= 0.3 is 0 Å². The van der Waals surface area contributed by atoms with E-state index in [9.17, 15) is 8.42 Å². The third kappa shape index (κ3) is 2.98. The van der Waals surface area contributed by atoms with E-state index in [0.29, 0.717) is 10.3 Å². The van der Waals surface area contributed by atoms with E-state index in [1.54, 1.807) is 12.4 Å². The van der Waals surface area contributed by atoms with Crippen LogP contribution in [0.15, 0.2) is 34.0 Å². The number of nitrogens with zero attached hydrogens (tertiary/aromatic N) is 3. The molecule has 0 bridgehead atoms. The molecule has 0 unspecified atom stereocenters. The van der Waals surface area contributed by atoms with Crippen LogP contribution < -0.4 is 11.3 Å². The second kappa shape index (κ2) is 5.87. The quantitative estimate of drug-likeness (QED) is 0.532. The molecule has 0 radical (unpaired) electrons. The zero-order valence-electron chi connectivity index (χ0n) is 10.5. The van der Waals surface area contributed by atoms with Gasteiger partial charge in [-0.05, 0) is 22.0 Å². The van der Waals surface area contributed by atoms with Crippen LogP contribution in [0.4, 0.5) is 5.82 Å². The highest BCUT2D eigenvalue weighted by molar-refractivity contribution is 9.10. The Labute approximate surface area is 124 Å². The van der Waals surface area contributed by atoms with Gasteiger partial charge in [0.05, 0.1) is 6.54 Å². The van der Waals surface area contributed by atoms with Gasteiger partial charge in [0.2, 0.25) is 10.0 Å². The Balaban J connectivity index is 2.36. The first-order valence-corrected chi connectivity index (χ1v) is 7.75. The molecule has 20 heavy (non-hydrogen) atoms. The maximum Gasteiger partial charge on any atom is 0.246 e. The van der Waals surface area contributed by atoms with E-state index >= 15 is 0 Å². The van der Waals surface area contributed by atoms with Crippen LogP contribution in [0, 0.1) is 0 Å². The van der Waals surface area contributed by atoms with E-state index in [1.807, 2.05) is 0 Å². The average molecular weight is 361 g/mol. The van der Waals surface area contributed by atoms with Crippen molar-refractivity contribution >= 4 is 31.8 Å². The van der Waals surface area contributed by atoms with Gasteiger partial charge in [-0.3, -0.25) is 0 Å². The number of hydrazine groups is 1. The molecule has 0 saturated carbocycles. The number of pyridine rings is 1. The number of hydrogen-bond donors (Lipinski definition) is 3. The Kier molecular flexibility index (Phi) is 4.38. The Morgan fingerprint density at radius 1 is 1.50 bits per heavy atom. The summed E-state index contributed by atoms with van der Waals surface area (Å²) in [5.74, 6) is 5.93. The SMILES string of the molecule is CN(Cc1ncc[nH]1)S(=O)(=O)c1cc(Br)cnc1NN. The molecule has 0 spiro atoms. The van der Waals surface area contributed by atoms with Crippen LogP contribution in [0.5, 0.6) is 0 Å². The first kappa shape index (κ1) is 14.9. The maximum absolute atomic E-state index is 12.5. The molecule has 0 saturated heterocycles. The highest BCUT2D eigenvalue weighted by atomic mass is 79.9. The molecule has 2 aromatic rings. The third-order valence-electron chi connectivity index (χ3n) is 2.57. The minimum Gasteiger partial charge on any atom is -0.347 e. The van der Waals surface area contributed by atoms with Gasteiger partial charge in [0, 0.05) is 30.1 Å². The van der Waals surface area contributed by atoms with E-state index in [4.69, 9.17) is 5.84 Å². The van der Waals surface area contributed by atoms with Crippen LogP contribution >= 0.6 is 15.9 Å². The maximum atomic E-state index is 12.5. The summed E-state index contributed by atoms with van der Waals surface area (Å²) in [5.41, 5.74) is 2.28. The predicted molar refractivity (Wildman–Crippen MR) is 77.0 cm³/mol. The van der Waals surface area contributed by atoms with Crippen LogP contribution in [-0.2, 0) is 16.6 Å². The predicted octanol–water partition coefficient (Wildman–Crippen LogP) is 0.673. The smallest absolute Gasteiger partial charge is 0.246 e. The Morgan fingerprint density at radius 2 is 2.25 bits per heavy atom. The minimum atomic E-state index is -3.74. The van der Waals surface area contributed by atoms with E-state index in [2.05, 4.69) is 36.3 Å².